The minimum Gasteiger partial charge on any atom is -0.480 e. The average Bonchev–Trinajstić information content (AvgIpc) is 2.27. The van der Waals surface area contributed by atoms with Gasteiger partial charge in [0.25, 0.3) is 0 Å². The van der Waals surface area contributed by atoms with E-state index in [4.69, 9.17) is 5.11 Å². The molecule has 0 aliphatic rings. The summed E-state index contributed by atoms with van der Waals surface area (Å²) in [6.45, 7) is 5.14. The van der Waals surface area contributed by atoms with E-state index in [-0.39, 0.29) is 0 Å². The molecule has 0 fully saturated rings. The summed E-state index contributed by atoms with van der Waals surface area (Å²) >= 11 is 0. The number of hydrogen-bond donors (Lipinski definition) is 3. The van der Waals surface area contributed by atoms with Crippen LogP contribution in [-0.4, -0.2) is 23.1 Å². The number of hydrogen-bond acceptors (Lipinski definition) is 2. The Hall–Kier alpha value is -2.11. The summed E-state index contributed by atoms with van der Waals surface area (Å²) < 4.78 is 12.7. The molecule has 0 saturated heterocycles. The Kier molecular flexibility index (Phi) is 4.47. The van der Waals surface area contributed by atoms with Crippen molar-refractivity contribution in [3.05, 3.63) is 30.1 Å². The third kappa shape index (κ3) is 4.57. The van der Waals surface area contributed by atoms with Gasteiger partial charge in [-0.05, 0) is 29.7 Å². The summed E-state index contributed by atoms with van der Waals surface area (Å²) in [5.41, 5.74) is -0.233. The quantitative estimate of drug-likeness (QED) is 0.787. The van der Waals surface area contributed by atoms with Gasteiger partial charge in [0, 0.05) is 5.69 Å². The Balaban J connectivity index is 2.68. The van der Waals surface area contributed by atoms with E-state index < -0.39 is 29.3 Å². The highest BCUT2D eigenvalue weighted by Crippen LogP contribution is 2.19. The molecule has 1 unspecified atom stereocenters. The van der Waals surface area contributed by atoms with Crippen molar-refractivity contribution >= 4 is 17.7 Å². The molecule has 0 radical (unpaired) electrons. The molecule has 5 nitrogen and oxygen atoms in total. The fourth-order valence-electron chi connectivity index (χ4n) is 1.48. The number of benzene rings is 1. The Labute approximate surface area is 110 Å². The highest BCUT2D eigenvalue weighted by Gasteiger charge is 2.32. The van der Waals surface area contributed by atoms with Crippen molar-refractivity contribution in [1.82, 2.24) is 5.32 Å². The zero-order valence-electron chi connectivity index (χ0n) is 11.0. The molecule has 0 aliphatic carbocycles. The van der Waals surface area contributed by atoms with Gasteiger partial charge >= 0.3 is 12.0 Å². The van der Waals surface area contributed by atoms with Crippen LogP contribution in [0.5, 0.6) is 0 Å². The van der Waals surface area contributed by atoms with E-state index in [9.17, 15) is 14.0 Å². The lowest BCUT2D eigenvalue weighted by Gasteiger charge is -2.27. The van der Waals surface area contributed by atoms with Gasteiger partial charge in [-0.2, -0.15) is 0 Å². The first kappa shape index (κ1) is 14.9. The second-order valence-electron chi connectivity index (χ2n) is 5.24. The van der Waals surface area contributed by atoms with Crippen molar-refractivity contribution in [2.24, 2.45) is 5.41 Å². The summed E-state index contributed by atoms with van der Waals surface area (Å²) in [5, 5.41) is 13.9. The fraction of sp³-hybridized carbons (Fsp3) is 0.385. The molecule has 104 valence electrons. The molecule has 1 aromatic carbocycles. The molecular formula is C13H17FN2O3. The predicted molar refractivity (Wildman–Crippen MR) is 69.4 cm³/mol. The molecule has 0 spiro atoms. The number of carbonyl (C=O) groups is 2. The van der Waals surface area contributed by atoms with Crippen molar-refractivity contribution in [3.8, 4) is 0 Å². The molecule has 6 heteroatoms. The normalized spacial score (nSPS) is 12.6. The van der Waals surface area contributed by atoms with Gasteiger partial charge in [0.15, 0.2) is 0 Å². The lowest BCUT2D eigenvalue weighted by Crippen LogP contribution is -2.50. The number of nitrogens with one attached hydrogen (secondary N) is 2. The SMILES string of the molecule is CC(C)(C)C(NC(=O)Nc1ccc(F)cc1)C(=O)O. The van der Waals surface area contributed by atoms with E-state index in [0.29, 0.717) is 5.69 Å². The van der Waals surface area contributed by atoms with Crippen LogP contribution in [-0.2, 0) is 4.79 Å². The average molecular weight is 268 g/mol. The molecule has 3 N–H and O–H groups in total. The van der Waals surface area contributed by atoms with Gasteiger partial charge < -0.3 is 15.7 Å². The lowest BCUT2D eigenvalue weighted by molar-refractivity contribution is -0.141. The number of anilines is 1. The second kappa shape index (κ2) is 5.69. The first-order valence-electron chi connectivity index (χ1n) is 5.76. The number of halogens is 1. The fourth-order valence-corrected chi connectivity index (χ4v) is 1.48. The standard InChI is InChI=1S/C13H17FN2O3/c1-13(2,3)10(11(17)18)16-12(19)15-9-6-4-8(14)5-7-9/h4-7,10H,1-3H3,(H,17,18)(H2,15,16,19). The maximum Gasteiger partial charge on any atom is 0.326 e. The Morgan fingerprint density at radius 3 is 2.16 bits per heavy atom. The zero-order valence-corrected chi connectivity index (χ0v) is 11.0. The molecule has 1 aromatic rings. The zero-order chi connectivity index (χ0) is 14.6. The minimum atomic E-state index is -1.11. The number of urea groups is 1. The predicted octanol–water partition coefficient (Wildman–Crippen LogP) is 2.45. The highest BCUT2D eigenvalue weighted by molar-refractivity contribution is 5.92. The van der Waals surface area contributed by atoms with Crippen molar-refractivity contribution in [1.29, 1.82) is 0 Å². The molecule has 19 heavy (non-hydrogen) atoms. The van der Waals surface area contributed by atoms with Crippen molar-refractivity contribution < 1.29 is 19.1 Å². The topological polar surface area (TPSA) is 78.4 Å². The van der Waals surface area contributed by atoms with E-state index >= 15 is 0 Å². The summed E-state index contributed by atoms with van der Waals surface area (Å²) in [6, 6.07) is 3.52. The van der Waals surface area contributed by atoms with Gasteiger partial charge in [0.05, 0.1) is 0 Å². The van der Waals surface area contributed by atoms with Crippen LogP contribution in [0.2, 0.25) is 0 Å². The van der Waals surface area contributed by atoms with E-state index in [0.717, 1.165) is 0 Å². The molecule has 0 bridgehead atoms. The molecule has 0 aromatic heterocycles. The number of rotatable bonds is 3. The van der Waals surface area contributed by atoms with Gasteiger partial charge in [-0.3, -0.25) is 0 Å². The third-order valence-corrected chi connectivity index (χ3v) is 2.49. The van der Waals surface area contributed by atoms with Gasteiger partial charge in [0.2, 0.25) is 0 Å². The van der Waals surface area contributed by atoms with E-state index in [1.165, 1.54) is 24.3 Å². The number of carbonyl (C=O) groups excluding carboxylic acids is 1. The first-order valence-corrected chi connectivity index (χ1v) is 5.76. The minimum absolute atomic E-state index is 0.386. The van der Waals surface area contributed by atoms with E-state index in [1.807, 2.05) is 0 Å². The van der Waals surface area contributed by atoms with Gasteiger partial charge in [-0.1, -0.05) is 20.8 Å². The second-order valence-corrected chi connectivity index (χ2v) is 5.24. The maximum absolute atomic E-state index is 12.7. The molecule has 2 amide bonds. The molecule has 1 rings (SSSR count). The van der Waals surface area contributed by atoms with Crippen LogP contribution < -0.4 is 10.6 Å². The Morgan fingerprint density at radius 1 is 1.21 bits per heavy atom. The van der Waals surface area contributed by atoms with Crippen LogP contribution in [0.15, 0.2) is 24.3 Å². The van der Waals surface area contributed by atoms with Crippen molar-refractivity contribution in [2.75, 3.05) is 5.32 Å². The maximum atomic E-state index is 12.7. The number of amides is 2. The summed E-state index contributed by atoms with van der Waals surface area (Å²) in [7, 11) is 0. The summed E-state index contributed by atoms with van der Waals surface area (Å²) in [5.74, 6) is -1.52. The Bertz CT molecular complexity index is 466. The largest absolute Gasteiger partial charge is 0.480 e. The number of carboxylic acid groups (broad SMARTS) is 1. The lowest BCUT2D eigenvalue weighted by atomic mass is 9.87. The molecule has 0 heterocycles. The molecule has 0 aliphatic heterocycles. The molecular weight excluding hydrogens is 251 g/mol. The number of aliphatic carboxylic acids is 1. The van der Waals surface area contributed by atoms with E-state index in [2.05, 4.69) is 10.6 Å². The van der Waals surface area contributed by atoms with Crippen LogP contribution in [0.1, 0.15) is 20.8 Å². The van der Waals surface area contributed by atoms with Gasteiger partial charge in [-0.25, -0.2) is 14.0 Å². The van der Waals surface area contributed by atoms with Gasteiger partial charge in [0.1, 0.15) is 11.9 Å². The van der Waals surface area contributed by atoms with Crippen molar-refractivity contribution in [2.45, 2.75) is 26.8 Å². The number of carboxylic acids is 1. The van der Waals surface area contributed by atoms with Crippen LogP contribution in [0, 0.1) is 11.2 Å². The Morgan fingerprint density at radius 2 is 1.74 bits per heavy atom. The third-order valence-electron chi connectivity index (χ3n) is 2.49. The van der Waals surface area contributed by atoms with E-state index in [1.54, 1.807) is 20.8 Å². The smallest absolute Gasteiger partial charge is 0.326 e. The van der Waals surface area contributed by atoms with Crippen LogP contribution in [0.4, 0.5) is 14.9 Å². The molecule has 0 saturated carbocycles. The summed E-state index contributed by atoms with van der Waals surface area (Å²) in [4.78, 5) is 22.8. The monoisotopic (exact) mass is 268 g/mol. The summed E-state index contributed by atoms with van der Waals surface area (Å²) in [6.07, 6.45) is 0. The van der Waals surface area contributed by atoms with Crippen molar-refractivity contribution in [3.63, 3.8) is 0 Å². The van der Waals surface area contributed by atoms with Gasteiger partial charge in [-0.15, -0.1) is 0 Å². The van der Waals surface area contributed by atoms with Crippen LogP contribution >= 0.6 is 0 Å². The highest BCUT2D eigenvalue weighted by atomic mass is 19.1. The van der Waals surface area contributed by atoms with Crippen LogP contribution in [0.25, 0.3) is 0 Å². The molecule has 1 atom stereocenters. The first-order chi connectivity index (χ1) is 8.70. The van der Waals surface area contributed by atoms with Crippen LogP contribution in [0.3, 0.4) is 0 Å².